The molecule has 0 radical (unpaired) electrons. The van der Waals surface area contributed by atoms with Gasteiger partial charge in [-0.05, 0) is 37.1 Å². The first kappa shape index (κ1) is 16.5. The first-order valence-corrected chi connectivity index (χ1v) is 7.29. The maximum atomic E-state index is 12.8. The van der Waals surface area contributed by atoms with Crippen molar-refractivity contribution in [2.75, 3.05) is 6.61 Å². The quantitative estimate of drug-likeness (QED) is 0.571. The summed E-state index contributed by atoms with van der Waals surface area (Å²) < 4.78 is 17.9. The summed E-state index contributed by atoms with van der Waals surface area (Å²) in [4.78, 5) is 0. The Balaban J connectivity index is 1.85. The largest absolute Gasteiger partial charge is 0.401 e. The Morgan fingerprint density at radius 1 is 1.41 bits per heavy atom. The topological polar surface area (TPSA) is 79.5 Å². The van der Waals surface area contributed by atoms with Crippen molar-refractivity contribution in [1.29, 1.82) is 0 Å². The third-order valence-corrected chi connectivity index (χ3v) is 3.38. The molecule has 1 aromatic carbocycles. The second kappa shape index (κ2) is 7.93. The van der Waals surface area contributed by atoms with Crippen LogP contribution in [-0.2, 0) is 11.3 Å². The van der Waals surface area contributed by atoms with Crippen LogP contribution in [0, 0.1) is 5.82 Å². The molecule has 2 atom stereocenters. The van der Waals surface area contributed by atoms with Gasteiger partial charge < -0.3 is 20.9 Å². The van der Waals surface area contributed by atoms with Crippen molar-refractivity contribution in [3.8, 4) is 0 Å². The predicted octanol–water partition coefficient (Wildman–Crippen LogP) is 1.32. The van der Waals surface area contributed by atoms with Gasteiger partial charge in [-0.25, -0.2) is 4.39 Å². The molecule has 5 nitrogen and oxygen atoms in total. The third kappa shape index (κ3) is 4.84. The molecule has 120 valence electrons. The number of allylic oxidation sites excluding steroid dienone is 1. The average Bonchev–Trinajstić information content (AvgIpc) is 2.49. The lowest BCUT2D eigenvalue weighted by molar-refractivity contribution is -0.120. The van der Waals surface area contributed by atoms with E-state index in [9.17, 15) is 9.50 Å². The van der Waals surface area contributed by atoms with Crippen molar-refractivity contribution < 1.29 is 14.2 Å². The van der Waals surface area contributed by atoms with Crippen molar-refractivity contribution in [2.45, 2.75) is 32.3 Å². The third-order valence-electron chi connectivity index (χ3n) is 3.38. The van der Waals surface area contributed by atoms with Gasteiger partial charge in [-0.2, -0.15) is 0 Å². The second-order valence-corrected chi connectivity index (χ2v) is 5.05. The minimum absolute atomic E-state index is 0.155. The molecule has 1 aromatic rings. The van der Waals surface area contributed by atoms with E-state index in [2.05, 4.69) is 10.6 Å². The fourth-order valence-electron chi connectivity index (χ4n) is 2.19. The molecule has 0 saturated carbocycles. The minimum Gasteiger partial charge on any atom is -0.401 e. The van der Waals surface area contributed by atoms with E-state index in [1.807, 2.05) is 19.1 Å². The molecular formula is C16H22FN3O2. The van der Waals surface area contributed by atoms with Crippen LogP contribution in [0.25, 0.3) is 0 Å². The number of nitrogens with one attached hydrogen (secondary N) is 2. The second-order valence-electron chi connectivity index (χ2n) is 5.05. The molecule has 1 aliphatic rings. The van der Waals surface area contributed by atoms with Gasteiger partial charge in [0.1, 0.15) is 5.82 Å². The van der Waals surface area contributed by atoms with Crippen molar-refractivity contribution in [1.82, 2.24) is 10.6 Å². The van der Waals surface area contributed by atoms with Gasteiger partial charge in [-0.15, -0.1) is 0 Å². The zero-order valence-corrected chi connectivity index (χ0v) is 12.6. The van der Waals surface area contributed by atoms with Gasteiger partial charge in [0.2, 0.25) is 6.41 Å². The summed E-state index contributed by atoms with van der Waals surface area (Å²) in [6.07, 6.45) is 3.45. The number of nitrogens with two attached hydrogens (primary N) is 1. The Labute approximate surface area is 129 Å². The zero-order valence-electron chi connectivity index (χ0n) is 12.6. The molecule has 22 heavy (non-hydrogen) atoms. The maximum absolute atomic E-state index is 12.8. The number of halogens is 1. The Morgan fingerprint density at radius 2 is 2.14 bits per heavy atom. The molecule has 0 spiro atoms. The number of hydrogen-bond donors (Lipinski definition) is 4. The van der Waals surface area contributed by atoms with Crippen LogP contribution in [0.2, 0.25) is 0 Å². The fourth-order valence-corrected chi connectivity index (χ4v) is 2.19. The lowest BCUT2D eigenvalue weighted by atomic mass is 10.0. The molecule has 0 heterocycles. The van der Waals surface area contributed by atoms with Crippen LogP contribution >= 0.6 is 0 Å². The first-order chi connectivity index (χ1) is 10.6. The lowest BCUT2D eigenvalue weighted by Crippen LogP contribution is -2.43. The van der Waals surface area contributed by atoms with E-state index in [1.165, 1.54) is 12.1 Å². The summed E-state index contributed by atoms with van der Waals surface area (Å²) in [6, 6.07) is 6.19. The van der Waals surface area contributed by atoms with Crippen LogP contribution in [0.15, 0.2) is 47.8 Å². The zero-order chi connectivity index (χ0) is 15.9. The molecule has 0 amide bonds. The number of hydrogen-bond acceptors (Lipinski definition) is 5. The highest BCUT2D eigenvalue weighted by molar-refractivity contribution is 5.30. The monoisotopic (exact) mass is 307 g/mol. The van der Waals surface area contributed by atoms with Gasteiger partial charge in [0.15, 0.2) is 0 Å². The van der Waals surface area contributed by atoms with E-state index in [0.29, 0.717) is 25.3 Å². The standard InChI is InChI=1S/C16H22FN3O2/c1-2-22-16(21)20-15-8-7-13(9-14(15)18)19-10-11-3-5-12(17)6-4-11/h3-7,9,15-16,19-21H,2,8,10,18H2,1H3. The van der Waals surface area contributed by atoms with Gasteiger partial charge >= 0.3 is 0 Å². The molecule has 0 fully saturated rings. The summed E-state index contributed by atoms with van der Waals surface area (Å²) in [7, 11) is 0. The minimum atomic E-state index is -1.02. The highest BCUT2D eigenvalue weighted by Gasteiger charge is 2.18. The van der Waals surface area contributed by atoms with E-state index >= 15 is 0 Å². The summed E-state index contributed by atoms with van der Waals surface area (Å²) >= 11 is 0. The number of aliphatic hydroxyl groups is 1. The average molecular weight is 307 g/mol. The fraction of sp³-hybridized carbons (Fsp3) is 0.375. The summed E-state index contributed by atoms with van der Waals surface area (Å²) in [5.41, 5.74) is 8.53. The van der Waals surface area contributed by atoms with E-state index in [-0.39, 0.29) is 11.9 Å². The van der Waals surface area contributed by atoms with E-state index < -0.39 is 6.41 Å². The summed E-state index contributed by atoms with van der Waals surface area (Å²) in [6.45, 7) is 2.82. The molecule has 1 aliphatic carbocycles. The molecule has 0 aliphatic heterocycles. The Bertz CT molecular complexity index is 543. The Kier molecular flexibility index (Phi) is 5.94. The molecule has 0 aromatic heterocycles. The highest BCUT2D eigenvalue weighted by Crippen LogP contribution is 2.14. The Hall–Kier alpha value is -1.89. The van der Waals surface area contributed by atoms with Gasteiger partial charge in [-0.1, -0.05) is 18.2 Å². The van der Waals surface area contributed by atoms with Crippen LogP contribution in [0.1, 0.15) is 18.9 Å². The molecule has 0 bridgehead atoms. The number of ether oxygens (including phenoxy) is 1. The normalized spacial score (nSPS) is 19.3. The molecule has 5 N–H and O–H groups in total. The molecule has 2 rings (SSSR count). The van der Waals surface area contributed by atoms with Crippen LogP contribution in [0.3, 0.4) is 0 Å². The predicted molar refractivity (Wildman–Crippen MR) is 82.8 cm³/mol. The molecule has 0 saturated heterocycles. The summed E-state index contributed by atoms with van der Waals surface area (Å²) in [5, 5.41) is 15.7. The summed E-state index contributed by atoms with van der Waals surface area (Å²) in [5.74, 6) is -0.244. The number of benzene rings is 1. The van der Waals surface area contributed by atoms with Gasteiger partial charge in [0.05, 0.1) is 6.04 Å². The van der Waals surface area contributed by atoms with E-state index in [4.69, 9.17) is 10.5 Å². The number of aliphatic hydroxyl groups excluding tert-OH is 1. The van der Waals surface area contributed by atoms with Crippen molar-refractivity contribution in [3.05, 3.63) is 59.2 Å². The Morgan fingerprint density at radius 3 is 2.77 bits per heavy atom. The lowest BCUT2D eigenvalue weighted by Gasteiger charge is -2.25. The van der Waals surface area contributed by atoms with Gasteiger partial charge in [0, 0.05) is 24.5 Å². The van der Waals surface area contributed by atoms with Crippen LogP contribution in [0.4, 0.5) is 4.39 Å². The van der Waals surface area contributed by atoms with E-state index in [0.717, 1.165) is 11.3 Å². The van der Waals surface area contributed by atoms with Gasteiger partial charge in [-0.3, -0.25) is 5.32 Å². The van der Waals surface area contributed by atoms with Crippen molar-refractivity contribution in [2.24, 2.45) is 5.73 Å². The molecular weight excluding hydrogens is 285 g/mol. The SMILES string of the molecule is CCOC(O)NC1CC=C(NCc2ccc(F)cc2)C=C1N. The first-order valence-electron chi connectivity index (χ1n) is 7.29. The number of rotatable bonds is 7. The van der Waals surface area contributed by atoms with Crippen LogP contribution in [-0.4, -0.2) is 24.2 Å². The van der Waals surface area contributed by atoms with Gasteiger partial charge in [0.25, 0.3) is 0 Å². The smallest absolute Gasteiger partial charge is 0.214 e. The maximum Gasteiger partial charge on any atom is 0.214 e. The van der Waals surface area contributed by atoms with Crippen LogP contribution in [0.5, 0.6) is 0 Å². The van der Waals surface area contributed by atoms with E-state index in [1.54, 1.807) is 12.1 Å². The molecule has 2 unspecified atom stereocenters. The highest BCUT2D eigenvalue weighted by atomic mass is 19.1. The van der Waals surface area contributed by atoms with Crippen LogP contribution < -0.4 is 16.4 Å². The molecule has 6 heteroatoms. The van der Waals surface area contributed by atoms with Crippen molar-refractivity contribution in [3.63, 3.8) is 0 Å². The van der Waals surface area contributed by atoms with Crippen molar-refractivity contribution >= 4 is 0 Å².